The van der Waals surface area contributed by atoms with Gasteiger partial charge in [-0.3, -0.25) is 15.6 Å². The third-order valence-corrected chi connectivity index (χ3v) is 7.31. The Bertz CT molecular complexity index is 1560. The molecule has 1 aliphatic heterocycles. The van der Waals surface area contributed by atoms with Gasteiger partial charge >= 0.3 is 12.1 Å². The van der Waals surface area contributed by atoms with Crippen molar-refractivity contribution in [1.29, 1.82) is 5.26 Å². The Morgan fingerprint density at radius 3 is 2.31 bits per heavy atom. The van der Waals surface area contributed by atoms with Crippen molar-refractivity contribution in [2.75, 3.05) is 29.9 Å². The van der Waals surface area contributed by atoms with E-state index >= 15 is 0 Å². The van der Waals surface area contributed by atoms with Gasteiger partial charge in [-0.15, -0.1) is 0 Å². The molecule has 0 amide bonds. The van der Waals surface area contributed by atoms with Crippen LogP contribution in [0.4, 0.5) is 29.1 Å². The lowest BCUT2D eigenvalue weighted by Crippen LogP contribution is -2.39. The number of nitrogens with zero attached hydrogens (tertiary/aromatic N) is 5. The highest BCUT2D eigenvalue weighted by Gasteiger charge is 2.38. The number of sulfone groups is 1. The predicted octanol–water partition coefficient (Wildman–Crippen LogP) is 2.61. The number of carboxylic acid groups (broad SMARTS) is 1. The molecule has 2 aromatic carbocycles. The number of aliphatic carboxylic acids is 1. The zero-order valence-electron chi connectivity index (χ0n) is 21.5. The summed E-state index contributed by atoms with van der Waals surface area (Å²) < 4.78 is 73.2. The van der Waals surface area contributed by atoms with Gasteiger partial charge in [0.2, 0.25) is 5.82 Å². The number of amidine groups is 1. The summed E-state index contributed by atoms with van der Waals surface area (Å²) in [5, 5.41) is 36.3. The number of halogens is 4. The first-order valence-corrected chi connectivity index (χ1v) is 13.7. The van der Waals surface area contributed by atoms with Gasteiger partial charge < -0.3 is 10.4 Å². The van der Waals surface area contributed by atoms with Crippen LogP contribution < -0.4 is 10.8 Å². The zero-order chi connectivity index (χ0) is 30.9. The van der Waals surface area contributed by atoms with Crippen LogP contribution in [0, 0.1) is 17.1 Å². The first kappa shape index (κ1) is 31.9. The third-order valence-electron chi connectivity index (χ3n) is 5.70. The molecule has 4 N–H and O–H groups in total. The van der Waals surface area contributed by atoms with Crippen LogP contribution >= 0.6 is 0 Å². The highest BCUT2D eigenvalue weighted by atomic mass is 32.2. The largest absolute Gasteiger partial charge is 0.490 e. The zero-order valence-corrected chi connectivity index (χ0v) is 22.3. The number of hydrogen-bond acceptors (Lipinski definition) is 11. The number of benzene rings is 2. The molecule has 1 aliphatic rings. The standard InChI is InChI=1S/C22H22FN7O4S.C2HF3O2/c23-19-6-5-18(11-17(19)12-24)26-22(27-31)20-21(29-34-28-20)25-13-15-1-3-16(4-2-15)14-30-7-9-35(32,33)10-8-30;3-2(4,5)1(6)7/h1-6,11,31H,7-10,13-14H2,(H,25,29)(H,26,27);(H,6,7). The summed E-state index contributed by atoms with van der Waals surface area (Å²) in [4.78, 5) is 15.2. The van der Waals surface area contributed by atoms with Crippen LogP contribution in [0.2, 0.25) is 0 Å². The Balaban J connectivity index is 0.000000616. The minimum Gasteiger partial charge on any atom is -0.475 e. The van der Waals surface area contributed by atoms with Crippen molar-refractivity contribution < 1.29 is 45.7 Å². The minimum absolute atomic E-state index is 0.0898. The molecule has 18 heteroatoms. The van der Waals surface area contributed by atoms with Crippen molar-refractivity contribution in [2.45, 2.75) is 19.3 Å². The van der Waals surface area contributed by atoms with Gasteiger partial charge in [0.15, 0.2) is 21.4 Å². The molecule has 4 rings (SSSR count). The van der Waals surface area contributed by atoms with E-state index in [1.165, 1.54) is 12.1 Å². The van der Waals surface area contributed by atoms with Gasteiger partial charge in [-0.2, -0.15) is 18.4 Å². The van der Waals surface area contributed by atoms with Crippen molar-refractivity contribution in [3.05, 3.63) is 70.7 Å². The number of anilines is 1. The molecule has 224 valence electrons. The topological polar surface area (TPSA) is 194 Å². The Labute approximate surface area is 235 Å². The van der Waals surface area contributed by atoms with E-state index in [0.29, 0.717) is 26.2 Å². The van der Waals surface area contributed by atoms with Crippen LogP contribution in [0.1, 0.15) is 22.4 Å². The second-order valence-corrected chi connectivity index (χ2v) is 11.0. The monoisotopic (exact) mass is 613 g/mol. The molecule has 0 unspecified atom stereocenters. The Morgan fingerprint density at radius 1 is 1.12 bits per heavy atom. The summed E-state index contributed by atoms with van der Waals surface area (Å²) in [5.74, 6) is -2.94. The van der Waals surface area contributed by atoms with Gasteiger partial charge in [0, 0.05) is 26.2 Å². The van der Waals surface area contributed by atoms with Crippen LogP contribution in [0.15, 0.2) is 52.1 Å². The number of aliphatic imine (C=N–C) groups is 1. The van der Waals surface area contributed by atoms with Crippen molar-refractivity contribution in [2.24, 2.45) is 4.99 Å². The van der Waals surface area contributed by atoms with Crippen LogP contribution in [0.3, 0.4) is 0 Å². The van der Waals surface area contributed by atoms with Crippen LogP contribution in [0.25, 0.3) is 0 Å². The first-order valence-electron chi connectivity index (χ1n) is 11.9. The van der Waals surface area contributed by atoms with Crippen LogP contribution in [-0.4, -0.2) is 76.5 Å². The van der Waals surface area contributed by atoms with E-state index in [4.69, 9.17) is 19.8 Å². The lowest BCUT2D eigenvalue weighted by molar-refractivity contribution is -0.192. The minimum atomic E-state index is -5.08. The van der Waals surface area contributed by atoms with E-state index in [9.17, 15) is 31.2 Å². The Hall–Kier alpha value is -4.60. The number of carboxylic acids is 1. The smallest absolute Gasteiger partial charge is 0.475 e. The molecule has 0 radical (unpaired) electrons. The maximum atomic E-state index is 13.6. The maximum Gasteiger partial charge on any atom is 0.490 e. The molecule has 1 fully saturated rings. The second kappa shape index (κ2) is 13.8. The fourth-order valence-electron chi connectivity index (χ4n) is 3.50. The molecule has 0 saturated carbocycles. The number of hydrogen-bond donors (Lipinski definition) is 4. The summed E-state index contributed by atoms with van der Waals surface area (Å²) in [6, 6.07) is 13.2. The summed E-state index contributed by atoms with van der Waals surface area (Å²) in [5.41, 5.74) is 4.06. The average Bonchev–Trinajstić information content (AvgIpc) is 3.41. The predicted molar refractivity (Wildman–Crippen MR) is 138 cm³/mol. The average molecular weight is 614 g/mol. The molecule has 42 heavy (non-hydrogen) atoms. The summed E-state index contributed by atoms with van der Waals surface area (Å²) in [7, 11) is -2.90. The van der Waals surface area contributed by atoms with E-state index in [2.05, 4.69) is 25.5 Å². The van der Waals surface area contributed by atoms with E-state index in [1.807, 2.05) is 29.7 Å². The van der Waals surface area contributed by atoms with E-state index in [1.54, 1.807) is 6.07 Å². The maximum absolute atomic E-state index is 13.6. The fraction of sp³-hybridized carbons (Fsp3) is 0.292. The quantitative estimate of drug-likeness (QED) is 0.132. The molecular weight excluding hydrogens is 590 g/mol. The Morgan fingerprint density at radius 2 is 1.74 bits per heavy atom. The molecule has 13 nitrogen and oxygen atoms in total. The molecule has 2 heterocycles. The van der Waals surface area contributed by atoms with E-state index in [0.717, 1.165) is 17.2 Å². The molecule has 1 aromatic heterocycles. The number of nitriles is 1. The molecule has 0 spiro atoms. The summed E-state index contributed by atoms with van der Waals surface area (Å²) in [6.07, 6.45) is -5.08. The Kier molecular flexibility index (Phi) is 10.5. The van der Waals surface area contributed by atoms with Gasteiger partial charge in [0.1, 0.15) is 11.9 Å². The number of carbonyl (C=O) groups is 1. The normalized spacial score (nSPS) is 15.2. The first-order chi connectivity index (χ1) is 19.8. The van der Waals surface area contributed by atoms with Gasteiger partial charge in [-0.25, -0.2) is 27.2 Å². The molecule has 0 aliphatic carbocycles. The number of aromatic nitrogens is 2. The van der Waals surface area contributed by atoms with Crippen LogP contribution in [-0.2, 0) is 27.7 Å². The van der Waals surface area contributed by atoms with Crippen molar-refractivity contribution in [3.63, 3.8) is 0 Å². The van der Waals surface area contributed by atoms with E-state index in [-0.39, 0.29) is 40.1 Å². The molecule has 0 atom stereocenters. The van der Waals surface area contributed by atoms with Gasteiger partial charge in [-0.05, 0) is 39.6 Å². The molecular formula is C24H23F4N7O6S. The van der Waals surface area contributed by atoms with E-state index < -0.39 is 27.8 Å². The third kappa shape index (κ3) is 9.22. The summed E-state index contributed by atoms with van der Waals surface area (Å²) >= 11 is 0. The highest BCUT2D eigenvalue weighted by molar-refractivity contribution is 7.91. The highest BCUT2D eigenvalue weighted by Crippen LogP contribution is 2.20. The number of alkyl halides is 3. The molecule has 1 saturated heterocycles. The van der Waals surface area contributed by atoms with Gasteiger partial charge in [0.25, 0.3) is 0 Å². The second-order valence-electron chi connectivity index (χ2n) is 8.71. The SMILES string of the molecule is N#Cc1cc(N=C(NO)c2nonc2NCc2ccc(CN3CCS(=O)(=O)CC3)cc2)ccc1F.O=C(O)C(F)(F)F. The number of rotatable bonds is 7. The number of hydroxylamine groups is 1. The fourth-order valence-corrected chi connectivity index (χ4v) is 4.78. The summed E-state index contributed by atoms with van der Waals surface area (Å²) in [6.45, 7) is 2.12. The lowest BCUT2D eigenvalue weighted by Gasteiger charge is -2.26. The number of nitrogens with one attached hydrogen (secondary N) is 2. The van der Waals surface area contributed by atoms with Crippen molar-refractivity contribution in [3.8, 4) is 6.07 Å². The molecule has 0 bridgehead atoms. The lowest BCUT2D eigenvalue weighted by atomic mass is 10.1. The molecule has 3 aromatic rings. The van der Waals surface area contributed by atoms with Crippen molar-refractivity contribution in [1.82, 2.24) is 20.7 Å². The van der Waals surface area contributed by atoms with Gasteiger partial charge in [0.05, 0.1) is 22.8 Å². The van der Waals surface area contributed by atoms with Crippen molar-refractivity contribution >= 4 is 33.1 Å². The van der Waals surface area contributed by atoms with Crippen LogP contribution in [0.5, 0.6) is 0 Å². The van der Waals surface area contributed by atoms with Gasteiger partial charge in [-0.1, -0.05) is 24.3 Å².